The maximum atomic E-state index is 11.0. The molecule has 23 heavy (non-hydrogen) atoms. The Labute approximate surface area is 134 Å². The van der Waals surface area contributed by atoms with Gasteiger partial charge in [0.2, 0.25) is 0 Å². The number of aliphatic carboxylic acids is 1. The normalized spacial score (nSPS) is 11.7. The minimum atomic E-state index is -2.96. The third-order valence-electron chi connectivity index (χ3n) is 3.17. The Balaban J connectivity index is 1.94. The van der Waals surface area contributed by atoms with E-state index in [0.717, 1.165) is 5.56 Å². The number of carboxylic acid groups (broad SMARTS) is 1. The minimum Gasteiger partial charge on any atom is -0.489 e. The first-order valence-corrected chi connectivity index (χ1v) is 8.11. The molecular formula is C16H16NO5P. The van der Waals surface area contributed by atoms with Crippen molar-refractivity contribution in [2.24, 2.45) is 0 Å². The molecule has 2 aromatic carbocycles. The van der Waals surface area contributed by atoms with Crippen LogP contribution in [0.4, 0.5) is 0 Å². The molecule has 0 aliphatic rings. The Morgan fingerprint density at radius 2 is 1.70 bits per heavy atom. The fourth-order valence-electron chi connectivity index (χ4n) is 2.01. The lowest BCUT2D eigenvalue weighted by Crippen LogP contribution is -2.33. The van der Waals surface area contributed by atoms with Crippen molar-refractivity contribution in [1.29, 1.82) is 0 Å². The highest BCUT2D eigenvalue weighted by Gasteiger charge is 2.19. The van der Waals surface area contributed by atoms with Gasteiger partial charge in [0.25, 0.3) is 0 Å². The average Bonchev–Trinajstić information content (AvgIpc) is 2.54. The summed E-state index contributed by atoms with van der Waals surface area (Å²) in [5, 5.41) is 11.0. The molecular weight excluding hydrogens is 317 g/mol. The van der Waals surface area contributed by atoms with E-state index in [4.69, 9.17) is 9.84 Å². The number of benzene rings is 2. The summed E-state index contributed by atoms with van der Waals surface area (Å²) in [6.07, 6.45) is 0.0671. The first kappa shape index (κ1) is 16.9. The molecule has 0 saturated heterocycles. The first-order chi connectivity index (χ1) is 11.0. The maximum Gasteiger partial charge on any atom is 0.396 e. The standard InChI is InChI=1S/C16H16NO5P/c18-16(19)15(17-23(20)21)10-12-6-8-14(9-7-12)22-11-13-4-2-1-3-5-13/h1-9,15H,10-11H2,(H,18,19)(H,17,20,21). The summed E-state index contributed by atoms with van der Waals surface area (Å²) in [6, 6.07) is 15.4. The van der Waals surface area contributed by atoms with Gasteiger partial charge in [-0.1, -0.05) is 42.5 Å². The third-order valence-corrected chi connectivity index (χ3v) is 3.69. The lowest BCUT2D eigenvalue weighted by atomic mass is 10.1. The van der Waals surface area contributed by atoms with Gasteiger partial charge < -0.3 is 9.84 Å². The second-order valence-electron chi connectivity index (χ2n) is 4.90. The van der Waals surface area contributed by atoms with Crippen LogP contribution < -0.4 is 9.82 Å². The number of carboxylic acids is 1. The van der Waals surface area contributed by atoms with Crippen LogP contribution in [0.1, 0.15) is 11.1 Å². The van der Waals surface area contributed by atoms with Crippen LogP contribution in [0.5, 0.6) is 5.75 Å². The Morgan fingerprint density at radius 1 is 1.04 bits per heavy atom. The zero-order chi connectivity index (χ0) is 16.7. The molecule has 0 heterocycles. The number of ether oxygens (including phenoxy) is 1. The van der Waals surface area contributed by atoms with Crippen molar-refractivity contribution in [3.8, 4) is 5.75 Å². The molecule has 0 spiro atoms. The number of hydrogen-bond donors (Lipinski definition) is 2. The fraction of sp³-hybridized carbons (Fsp3) is 0.188. The highest BCUT2D eigenvalue weighted by molar-refractivity contribution is 7.28. The van der Waals surface area contributed by atoms with Gasteiger partial charge in [-0.3, -0.25) is 4.79 Å². The van der Waals surface area contributed by atoms with Gasteiger partial charge in [0.05, 0.1) is 0 Å². The molecule has 0 bridgehead atoms. The smallest absolute Gasteiger partial charge is 0.396 e. The van der Waals surface area contributed by atoms with Gasteiger partial charge in [0.1, 0.15) is 18.4 Å². The third kappa shape index (κ3) is 5.70. The van der Waals surface area contributed by atoms with E-state index in [-0.39, 0.29) is 6.42 Å². The lowest BCUT2D eigenvalue weighted by molar-refractivity contribution is -0.138. The molecule has 1 unspecified atom stereocenters. The predicted octanol–water partition coefficient (Wildman–Crippen LogP) is 2.94. The van der Waals surface area contributed by atoms with Gasteiger partial charge in [-0.15, -0.1) is 0 Å². The van der Waals surface area contributed by atoms with Crippen LogP contribution in [-0.2, 0) is 27.0 Å². The second-order valence-corrected chi connectivity index (χ2v) is 5.67. The van der Waals surface area contributed by atoms with Crippen LogP contribution in [0.2, 0.25) is 0 Å². The molecule has 2 rings (SSSR count). The second kappa shape index (κ2) is 8.27. The van der Waals surface area contributed by atoms with Crippen molar-refractivity contribution in [2.45, 2.75) is 19.1 Å². The predicted molar refractivity (Wildman–Crippen MR) is 83.8 cm³/mol. The van der Waals surface area contributed by atoms with Crippen LogP contribution in [0, 0.1) is 0 Å². The molecule has 0 fully saturated rings. The van der Waals surface area contributed by atoms with Gasteiger partial charge in [0.15, 0.2) is 0 Å². The van der Waals surface area contributed by atoms with Crippen LogP contribution in [0.3, 0.4) is 0 Å². The summed E-state index contributed by atoms with van der Waals surface area (Å²) in [6.45, 7) is 0.441. The van der Waals surface area contributed by atoms with E-state index < -0.39 is 19.8 Å². The number of rotatable bonds is 8. The largest absolute Gasteiger partial charge is 0.489 e. The maximum absolute atomic E-state index is 11.0. The summed E-state index contributed by atoms with van der Waals surface area (Å²) < 4.78 is 26.9. The molecule has 2 N–H and O–H groups in total. The van der Waals surface area contributed by atoms with Crippen LogP contribution >= 0.6 is 7.83 Å². The number of nitrogens with one attached hydrogen (secondary N) is 1. The molecule has 0 aromatic heterocycles. The van der Waals surface area contributed by atoms with Crippen molar-refractivity contribution >= 4 is 13.8 Å². The summed E-state index contributed by atoms with van der Waals surface area (Å²) in [7, 11) is -2.96. The minimum absolute atomic E-state index is 0.0671. The quantitative estimate of drug-likeness (QED) is 0.722. The van der Waals surface area contributed by atoms with E-state index in [9.17, 15) is 13.9 Å². The molecule has 6 nitrogen and oxygen atoms in total. The summed E-state index contributed by atoms with van der Waals surface area (Å²) in [4.78, 5) is 11.0. The highest BCUT2D eigenvalue weighted by Crippen LogP contribution is 2.16. The molecule has 7 heteroatoms. The molecule has 0 aliphatic heterocycles. The molecule has 1 atom stereocenters. The van der Waals surface area contributed by atoms with Crippen molar-refractivity contribution in [2.75, 3.05) is 0 Å². The van der Waals surface area contributed by atoms with Crippen molar-refractivity contribution < 1.29 is 23.8 Å². The molecule has 0 saturated carbocycles. The number of carbonyl (C=O) groups is 1. The Bertz CT molecular complexity index is 705. The molecule has 0 amide bonds. The van der Waals surface area contributed by atoms with E-state index in [1.54, 1.807) is 24.3 Å². The van der Waals surface area contributed by atoms with E-state index in [2.05, 4.69) is 0 Å². The van der Waals surface area contributed by atoms with E-state index in [1.165, 1.54) is 0 Å². The van der Waals surface area contributed by atoms with E-state index in [0.29, 0.717) is 17.9 Å². The van der Waals surface area contributed by atoms with Crippen molar-refractivity contribution in [3.05, 3.63) is 65.7 Å². The summed E-state index contributed by atoms with van der Waals surface area (Å²) >= 11 is 0. The molecule has 0 aliphatic carbocycles. The average molecular weight is 333 g/mol. The lowest BCUT2D eigenvalue weighted by Gasteiger charge is -2.11. The van der Waals surface area contributed by atoms with Crippen LogP contribution in [-0.4, -0.2) is 17.1 Å². The van der Waals surface area contributed by atoms with Crippen LogP contribution in [0.25, 0.3) is 0 Å². The van der Waals surface area contributed by atoms with E-state index >= 15 is 0 Å². The van der Waals surface area contributed by atoms with Crippen molar-refractivity contribution in [1.82, 2.24) is 5.09 Å². The van der Waals surface area contributed by atoms with Gasteiger partial charge >= 0.3 is 13.8 Å². The van der Waals surface area contributed by atoms with Gasteiger partial charge in [-0.2, -0.15) is 5.09 Å². The van der Waals surface area contributed by atoms with Crippen LogP contribution in [0.15, 0.2) is 54.6 Å². The summed E-state index contributed by atoms with van der Waals surface area (Å²) in [5.41, 5.74) is 1.75. The summed E-state index contributed by atoms with van der Waals surface area (Å²) in [5.74, 6) is -0.555. The number of hydrogen-bond acceptors (Lipinski definition) is 4. The van der Waals surface area contributed by atoms with E-state index in [1.807, 2.05) is 35.4 Å². The topological polar surface area (TPSA) is 92.7 Å². The Morgan fingerprint density at radius 3 is 2.26 bits per heavy atom. The molecule has 0 radical (unpaired) electrons. The monoisotopic (exact) mass is 333 g/mol. The van der Waals surface area contributed by atoms with Crippen molar-refractivity contribution in [3.63, 3.8) is 0 Å². The zero-order valence-electron chi connectivity index (χ0n) is 12.2. The SMILES string of the molecule is O=C(O)C(Cc1ccc(OCc2ccccc2)cc1)NP(=O)=O. The first-order valence-electron chi connectivity index (χ1n) is 6.93. The Kier molecular flexibility index (Phi) is 6.09. The molecule has 120 valence electrons. The zero-order valence-corrected chi connectivity index (χ0v) is 13.1. The fourth-order valence-corrected chi connectivity index (χ4v) is 2.47. The molecule has 2 aromatic rings. The van der Waals surface area contributed by atoms with Gasteiger partial charge in [0, 0.05) is 0 Å². The highest BCUT2D eigenvalue weighted by atomic mass is 31.1. The Hall–Kier alpha value is -2.43. The van der Waals surface area contributed by atoms with Gasteiger partial charge in [-0.05, 0) is 29.7 Å². The van der Waals surface area contributed by atoms with Gasteiger partial charge in [-0.25, -0.2) is 9.13 Å².